The third-order valence-electron chi connectivity index (χ3n) is 5.06. The van der Waals surface area contributed by atoms with E-state index >= 15 is 0 Å². The molecule has 0 saturated carbocycles. The van der Waals surface area contributed by atoms with Crippen molar-refractivity contribution in [3.8, 4) is 17.0 Å². The number of nitrogens with zero attached hydrogens (tertiary/aromatic N) is 4. The van der Waals surface area contributed by atoms with Gasteiger partial charge in [0.2, 0.25) is 0 Å². The number of ether oxygens (including phenoxy) is 1. The Morgan fingerprint density at radius 1 is 0.844 bits per heavy atom. The first-order valence-corrected chi connectivity index (χ1v) is 11.3. The molecule has 1 fully saturated rings. The molecular formula is C22H18Cl4N4O2. The number of rotatable bonds is 5. The number of piperazine rings is 1. The summed E-state index contributed by atoms with van der Waals surface area (Å²) in [6.07, 6.45) is 0. The van der Waals surface area contributed by atoms with Crippen LogP contribution in [-0.4, -0.2) is 53.8 Å². The molecule has 1 amide bonds. The molecule has 1 saturated heterocycles. The van der Waals surface area contributed by atoms with Crippen molar-refractivity contribution in [1.29, 1.82) is 0 Å². The normalized spacial score (nSPS) is 13.9. The third-order valence-corrected chi connectivity index (χ3v) is 6.15. The van der Waals surface area contributed by atoms with Gasteiger partial charge in [-0.15, -0.1) is 10.2 Å². The van der Waals surface area contributed by atoms with Gasteiger partial charge in [-0.3, -0.25) is 4.79 Å². The van der Waals surface area contributed by atoms with Crippen LogP contribution in [0.1, 0.15) is 0 Å². The molecule has 1 aliphatic heterocycles. The molecule has 4 rings (SSSR count). The van der Waals surface area contributed by atoms with E-state index in [1.54, 1.807) is 35.2 Å². The maximum atomic E-state index is 12.5. The molecule has 0 atom stereocenters. The van der Waals surface area contributed by atoms with Crippen LogP contribution in [-0.2, 0) is 4.79 Å². The number of aromatic nitrogens is 2. The third kappa shape index (κ3) is 5.38. The summed E-state index contributed by atoms with van der Waals surface area (Å²) in [6.45, 7) is 2.28. The molecule has 32 heavy (non-hydrogen) atoms. The van der Waals surface area contributed by atoms with E-state index in [1.807, 2.05) is 18.2 Å². The summed E-state index contributed by atoms with van der Waals surface area (Å²) in [5, 5.41) is 10.6. The standard InChI is InChI=1S/C22H18Cl4N4O2/c23-14-1-3-16(18(26)11-14)19-5-6-21(28-27-19)29-7-9-30(10-8-29)22(31)13-32-20-12-15(24)2-4-17(20)25/h1-6,11-12H,7-10,13H2. The number of halogens is 4. The molecule has 166 valence electrons. The van der Waals surface area contributed by atoms with Crippen LogP contribution in [0, 0.1) is 0 Å². The Morgan fingerprint density at radius 3 is 2.25 bits per heavy atom. The highest BCUT2D eigenvalue weighted by molar-refractivity contribution is 6.36. The van der Waals surface area contributed by atoms with Gasteiger partial charge in [0.25, 0.3) is 5.91 Å². The predicted molar refractivity (Wildman–Crippen MR) is 128 cm³/mol. The Morgan fingerprint density at radius 2 is 1.56 bits per heavy atom. The minimum absolute atomic E-state index is 0.101. The fourth-order valence-corrected chi connectivity index (χ4v) is 4.18. The van der Waals surface area contributed by atoms with Crippen LogP contribution in [0.4, 0.5) is 5.82 Å². The van der Waals surface area contributed by atoms with E-state index < -0.39 is 0 Å². The second kappa shape index (κ2) is 10.1. The zero-order chi connectivity index (χ0) is 22.7. The van der Waals surface area contributed by atoms with Crippen LogP contribution in [0.15, 0.2) is 48.5 Å². The number of hydrogen-bond acceptors (Lipinski definition) is 5. The quantitative estimate of drug-likeness (QED) is 0.453. The van der Waals surface area contributed by atoms with Crippen molar-refractivity contribution in [2.45, 2.75) is 0 Å². The van der Waals surface area contributed by atoms with Crippen molar-refractivity contribution in [2.75, 3.05) is 37.7 Å². The number of hydrogen-bond donors (Lipinski definition) is 0. The lowest BCUT2D eigenvalue weighted by atomic mass is 10.1. The van der Waals surface area contributed by atoms with Gasteiger partial charge in [0.15, 0.2) is 12.4 Å². The largest absolute Gasteiger partial charge is 0.482 e. The van der Waals surface area contributed by atoms with Crippen molar-refractivity contribution < 1.29 is 9.53 Å². The van der Waals surface area contributed by atoms with Crippen molar-refractivity contribution in [3.63, 3.8) is 0 Å². The summed E-state index contributed by atoms with van der Waals surface area (Å²) in [6, 6.07) is 13.9. The number of benzene rings is 2. The Hall–Kier alpha value is -2.25. The van der Waals surface area contributed by atoms with E-state index in [2.05, 4.69) is 15.1 Å². The highest BCUT2D eigenvalue weighted by Gasteiger charge is 2.23. The van der Waals surface area contributed by atoms with E-state index in [0.29, 0.717) is 57.7 Å². The van der Waals surface area contributed by atoms with Gasteiger partial charge in [-0.25, -0.2) is 0 Å². The molecule has 6 nitrogen and oxygen atoms in total. The minimum atomic E-state index is -0.112. The van der Waals surface area contributed by atoms with E-state index in [1.165, 1.54) is 0 Å². The van der Waals surface area contributed by atoms with E-state index in [0.717, 1.165) is 11.4 Å². The molecule has 0 N–H and O–H groups in total. The van der Waals surface area contributed by atoms with Crippen molar-refractivity contribution >= 4 is 58.1 Å². The Kier molecular flexibility index (Phi) is 7.26. The van der Waals surface area contributed by atoms with Gasteiger partial charge in [-0.1, -0.05) is 46.4 Å². The molecule has 3 aromatic rings. The Labute approximate surface area is 205 Å². The second-order valence-electron chi connectivity index (χ2n) is 7.13. The Balaban J connectivity index is 1.32. The second-order valence-corrected chi connectivity index (χ2v) is 8.82. The molecule has 1 aromatic heterocycles. The molecule has 2 heterocycles. The molecule has 10 heteroatoms. The van der Waals surface area contributed by atoms with Crippen LogP contribution in [0.5, 0.6) is 5.75 Å². The van der Waals surface area contributed by atoms with E-state index in [9.17, 15) is 4.79 Å². The van der Waals surface area contributed by atoms with Crippen molar-refractivity contribution in [1.82, 2.24) is 15.1 Å². The zero-order valence-corrected chi connectivity index (χ0v) is 19.8. The molecule has 0 bridgehead atoms. The average Bonchev–Trinajstić information content (AvgIpc) is 2.80. The van der Waals surface area contributed by atoms with Crippen molar-refractivity contribution in [3.05, 3.63) is 68.6 Å². The zero-order valence-electron chi connectivity index (χ0n) is 16.8. The van der Waals surface area contributed by atoms with Gasteiger partial charge in [0.1, 0.15) is 5.75 Å². The first-order valence-electron chi connectivity index (χ1n) is 9.80. The summed E-state index contributed by atoms with van der Waals surface area (Å²) >= 11 is 24.2. The van der Waals surface area contributed by atoms with Gasteiger partial charge < -0.3 is 14.5 Å². The summed E-state index contributed by atoms with van der Waals surface area (Å²) < 4.78 is 5.55. The van der Waals surface area contributed by atoms with Crippen LogP contribution >= 0.6 is 46.4 Å². The SMILES string of the molecule is O=C(COc1cc(Cl)ccc1Cl)N1CCN(c2ccc(-c3ccc(Cl)cc3Cl)nn2)CC1. The highest BCUT2D eigenvalue weighted by atomic mass is 35.5. The fourth-order valence-electron chi connectivity index (χ4n) is 3.34. The first-order chi connectivity index (χ1) is 15.4. The molecule has 0 spiro atoms. The van der Waals surface area contributed by atoms with Crippen LogP contribution in [0.2, 0.25) is 20.1 Å². The summed E-state index contributed by atoms with van der Waals surface area (Å²) in [5.74, 6) is 1.02. The van der Waals surface area contributed by atoms with Crippen molar-refractivity contribution in [2.24, 2.45) is 0 Å². The maximum Gasteiger partial charge on any atom is 0.260 e. The molecule has 0 unspecified atom stereocenters. The molecule has 0 aliphatic carbocycles. The number of amides is 1. The molecule has 2 aromatic carbocycles. The lowest BCUT2D eigenvalue weighted by Gasteiger charge is -2.35. The minimum Gasteiger partial charge on any atom is -0.482 e. The van der Waals surface area contributed by atoms with Crippen LogP contribution in [0.25, 0.3) is 11.3 Å². The number of anilines is 1. The van der Waals surface area contributed by atoms with Gasteiger partial charge in [0, 0.05) is 47.9 Å². The maximum absolute atomic E-state index is 12.5. The monoisotopic (exact) mass is 510 g/mol. The number of carbonyl (C=O) groups is 1. The smallest absolute Gasteiger partial charge is 0.260 e. The van der Waals surface area contributed by atoms with Crippen LogP contribution in [0.3, 0.4) is 0 Å². The van der Waals surface area contributed by atoms with Gasteiger partial charge in [-0.2, -0.15) is 0 Å². The topological polar surface area (TPSA) is 58.6 Å². The van der Waals surface area contributed by atoms with Gasteiger partial charge in [-0.05, 0) is 42.5 Å². The van der Waals surface area contributed by atoms with E-state index in [-0.39, 0.29) is 12.5 Å². The summed E-state index contributed by atoms with van der Waals surface area (Å²) in [4.78, 5) is 16.4. The molecular weight excluding hydrogens is 494 g/mol. The molecule has 1 aliphatic rings. The highest BCUT2D eigenvalue weighted by Crippen LogP contribution is 2.30. The average molecular weight is 512 g/mol. The van der Waals surface area contributed by atoms with E-state index in [4.69, 9.17) is 51.1 Å². The summed E-state index contributed by atoms with van der Waals surface area (Å²) in [7, 11) is 0. The lowest BCUT2D eigenvalue weighted by Crippen LogP contribution is -2.50. The Bertz CT molecular complexity index is 1120. The fraction of sp³-hybridized carbons (Fsp3) is 0.227. The predicted octanol–water partition coefficient (Wildman–Crippen LogP) is 5.48. The first kappa shape index (κ1) is 22.9. The number of carbonyl (C=O) groups excluding carboxylic acids is 1. The molecule has 0 radical (unpaired) electrons. The van der Waals surface area contributed by atoms with Crippen LogP contribution < -0.4 is 9.64 Å². The summed E-state index contributed by atoms with van der Waals surface area (Å²) in [5.41, 5.74) is 1.44. The van der Waals surface area contributed by atoms with Gasteiger partial charge in [0.05, 0.1) is 15.7 Å². The van der Waals surface area contributed by atoms with Gasteiger partial charge >= 0.3 is 0 Å². The lowest BCUT2D eigenvalue weighted by molar-refractivity contribution is -0.133.